The van der Waals surface area contributed by atoms with E-state index in [0.29, 0.717) is 17.3 Å². The van der Waals surface area contributed by atoms with E-state index in [2.05, 4.69) is 15.8 Å². The fourth-order valence-corrected chi connectivity index (χ4v) is 1.87. The molecule has 2 aromatic rings. The average molecular weight is 334 g/mol. The molecular formula is C16H16ClN3O3. The van der Waals surface area contributed by atoms with Crippen LogP contribution >= 0.6 is 11.6 Å². The normalized spacial score (nSPS) is 11.1. The Kier molecular flexibility index (Phi) is 5.94. The van der Waals surface area contributed by atoms with E-state index in [0.717, 1.165) is 5.56 Å². The highest BCUT2D eigenvalue weighted by Crippen LogP contribution is 2.09. The Balaban J connectivity index is 1.76. The van der Waals surface area contributed by atoms with Gasteiger partial charge in [-0.25, -0.2) is 5.43 Å². The van der Waals surface area contributed by atoms with Gasteiger partial charge in [-0.15, -0.1) is 0 Å². The standard InChI is InChI=1S/C16H16ClN3O3/c1-11(19-20-16(22)14-3-2-8-23-14)9-15(21)18-10-12-4-6-13(17)7-5-12/h2-8H,9-10H2,1H3,(H,18,21)(H,20,22)/b19-11-. The summed E-state index contributed by atoms with van der Waals surface area (Å²) < 4.78 is 4.93. The first-order valence-corrected chi connectivity index (χ1v) is 7.30. The lowest BCUT2D eigenvalue weighted by molar-refractivity contribution is -0.120. The Morgan fingerprint density at radius 2 is 1.96 bits per heavy atom. The Morgan fingerprint density at radius 3 is 2.61 bits per heavy atom. The van der Waals surface area contributed by atoms with Crippen LogP contribution in [0.25, 0.3) is 0 Å². The van der Waals surface area contributed by atoms with Gasteiger partial charge >= 0.3 is 5.91 Å². The molecule has 0 fully saturated rings. The fourth-order valence-electron chi connectivity index (χ4n) is 1.75. The molecule has 0 saturated carbocycles. The van der Waals surface area contributed by atoms with Crippen molar-refractivity contribution < 1.29 is 14.0 Å². The van der Waals surface area contributed by atoms with Crippen molar-refractivity contribution in [1.82, 2.24) is 10.7 Å². The van der Waals surface area contributed by atoms with Crippen LogP contribution in [0.4, 0.5) is 0 Å². The molecule has 6 nitrogen and oxygen atoms in total. The molecule has 7 heteroatoms. The Labute approximate surface area is 138 Å². The lowest BCUT2D eigenvalue weighted by Gasteiger charge is -2.05. The van der Waals surface area contributed by atoms with E-state index in [9.17, 15) is 9.59 Å². The molecule has 23 heavy (non-hydrogen) atoms. The first kappa shape index (κ1) is 16.8. The Bertz CT molecular complexity index is 694. The molecule has 1 aromatic heterocycles. The quantitative estimate of drug-likeness (QED) is 0.629. The highest BCUT2D eigenvalue weighted by molar-refractivity contribution is 6.30. The third kappa shape index (κ3) is 5.60. The monoisotopic (exact) mass is 333 g/mol. The van der Waals surface area contributed by atoms with E-state index in [1.54, 1.807) is 25.1 Å². The number of nitrogens with one attached hydrogen (secondary N) is 2. The summed E-state index contributed by atoms with van der Waals surface area (Å²) in [4.78, 5) is 23.4. The van der Waals surface area contributed by atoms with Crippen LogP contribution in [0.3, 0.4) is 0 Å². The van der Waals surface area contributed by atoms with Crippen molar-refractivity contribution in [2.75, 3.05) is 0 Å². The van der Waals surface area contributed by atoms with Crippen LogP contribution in [-0.4, -0.2) is 17.5 Å². The second-order valence-corrected chi connectivity index (χ2v) is 5.28. The third-order valence-corrected chi connectivity index (χ3v) is 3.16. The Hall–Kier alpha value is -2.60. The van der Waals surface area contributed by atoms with Gasteiger partial charge in [0.05, 0.1) is 12.7 Å². The number of benzene rings is 1. The number of carbonyl (C=O) groups excluding carboxylic acids is 2. The lowest BCUT2D eigenvalue weighted by atomic mass is 10.2. The summed E-state index contributed by atoms with van der Waals surface area (Å²) in [6, 6.07) is 10.3. The smallest absolute Gasteiger partial charge is 0.307 e. The predicted octanol–water partition coefficient (Wildman–Crippen LogP) is 2.75. The average Bonchev–Trinajstić information content (AvgIpc) is 3.06. The van der Waals surface area contributed by atoms with Crippen molar-refractivity contribution >= 4 is 29.1 Å². The minimum atomic E-state index is -0.462. The van der Waals surface area contributed by atoms with Gasteiger partial charge in [-0.3, -0.25) is 9.59 Å². The minimum Gasteiger partial charge on any atom is -0.459 e. The first-order chi connectivity index (χ1) is 11.0. The van der Waals surface area contributed by atoms with Crippen molar-refractivity contribution in [3.05, 3.63) is 59.0 Å². The molecule has 0 unspecified atom stereocenters. The van der Waals surface area contributed by atoms with Crippen molar-refractivity contribution in [3.8, 4) is 0 Å². The maximum absolute atomic E-state index is 11.8. The SMILES string of the molecule is C/C(CC(=O)NCc1ccc(Cl)cc1)=N/NC(=O)c1ccco1. The molecule has 2 amide bonds. The molecular weight excluding hydrogens is 318 g/mol. The maximum atomic E-state index is 11.8. The van der Waals surface area contributed by atoms with E-state index in [1.165, 1.54) is 12.3 Å². The zero-order chi connectivity index (χ0) is 16.7. The number of hydrazone groups is 1. The van der Waals surface area contributed by atoms with Crippen molar-refractivity contribution in [3.63, 3.8) is 0 Å². The van der Waals surface area contributed by atoms with Gasteiger partial charge in [-0.2, -0.15) is 5.10 Å². The summed E-state index contributed by atoms with van der Waals surface area (Å²) in [5.74, 6) is -0.488. The van der Waals surface area contributed by atoms with Crippen molar-refractivity contribution in [2.24, 2.45) is 5.10 Å². The molecule has 0 spiro atoms. The van der Waals surface area contributed by atoms with E-state index < -0.39 is 5.91 Å². The van der Waals surface area contributed by atoms with Crippen LogP contribution in [0, 0.1) is 0 Å². The van der Waals surface area contributed by atoms with Crippen LogP contribution in [-0.2, 0) is 11.3 Å². The van der Waals surface area contributed by atoms with Crippen LogP contribution < -0.4 is 10.7 Å². The topological polar surface area (TPSA) is 83.7 Å². The number of hydrogen-bond donors (Lipinski definition) is 2. The van der Waals surface area contributed by atoms with Crippen molar-refractivity contribution in [2.45, 2.75) is 19.9 Å². The number of furan rings is 1. The Morgan fingerprint density at radius 1 is 1.22 bits per heavy atom. The van der Waals surface area contributed by atoms with Gasteiger partial charge in [0.2, 0.25) is 5.91 Å². The van der Waals surface area contributed by atoms with E-state index in [-0.39, 0.29) is 18.1 Å². The predicted molar refractivity (Wildman–Crippen MR) is 87.2 cm³/mol. The van der Waals surface area contributed by atoms with Gasteiger partial charge < -0.3 is 9.73 Å². The number of hydrogen-bond acceptors (Lipinski definition) is 4. The van der Waals surface area contributed by atoms with Crippen LogP contribution in [0.15, 0.2) is 52.2 Å². The van der Waals surface area contributed by atoms with Gasteiger partial charge in [0.25, 0.3) is 0 Å². The number of amides is 2. The van der Waals surface area contributed by atoms with Crippen LogP contribution in [0.1, 0.15) is 29.5 Å². The zero-order valence-electron chi connectivity index (χ0n) is 12.5. The highest BCUT2D eigenvalue weighted by atomic mass is 35.5. The molecule has 0 atom stereocenters. The van der Waals surface area contributed by atoms with Gasteiger partial charge in [0, 0.05) is 17.3 Å². The molecule has 0 aliphatic carbocycles. The molecule has 0 radical (unpaired) electrons. The second kappa shape index (κ2) is 8.14. The summed E-state index contributed by atoms with van der Waals surface area (Å²) in [6.07, 6.45) is 1.49. The first-order valence-electron chi connectivity index (χ1n) is 6.93. The molecule has 1 aromatic carbocycles. The van der Waals surface area contributed by atoms with Crippen LogP contribution in [0.5, 0.6) is 0 Å². The van der Waals surface area contributed by atoms with E-state index >= 15 is 0 Å². The minimum absolute atomic E-state index is 0.0893. The van der Waals surface area contributed by atoms with Gasteiger partial charge in [0.1, 0.15) is 0 Å². The number of nitrogens with zero attached hydrogens (tertiary/aromatic N) is 1. The summed E-state index contributed by atoms with van der Waals surface area (Å²) in [5, 5.41) is 7.28. The second-order valence-electron chi connectivity index (χ2n) is 4.85. The number of carbonyl (C=O) groups is 2. The molecule has 120 valence electrons. The molecule has 1 heterocycles. The van der Waals surface area contributed by atoms with Gasteiger partial charge in [-0.05, 0) is 36.8 Å². The van der Waals surface area contributed by atoms with Gasteiger partial charge in [-0.1, -0.05) is 23.7 Å². The zero-order valence-corrected chi connectivity index (χ0v) is 13.3. The highest BCUT2D eigenvalue weighted by Gasteiger charge is 2.08. The van der Waals surface area contributed by atoms with Crippen molar-refractivity contribution in [1.29, 1.82) is 0 Å². The molecule has 0 aliphatic heterocycles. The van der Waals surface area contributed by atoms with E-state index in [1.807, 2.05) is 12.1 Å². The summed E-state index contributed by atoms with van der Waals surface area (Å²) >= 11 is 5.80. The summed E-state index contributed by atoms with van der Waals surface area (Å²) in [6.45, 7) is 2.06. The molecule has 0 saturated heterocycles. The fraction of sp³-hybridized carbons (Fsp3) is 0.188. The molecule has 0 aliphatic rings. The molecule has 2 rings (SSSR count). The number of halogens is 1. The maximum Gasteiger partial charge on any atom is 0.307 e. The van der Waals surface area contributed by atoms with E-state index in [4.69, 9.17) is 16.0 Å². The third-order valence-electron chi connectivity index (χ3n) is 2.91. The number of rotatable bonds is 6. The molecule has 0 bridgehead atoms. The van der Waals surface area contributed by atoms with Crippen LogP contribution in [0.2, 0.25) is 5.02 Å². The summed E-state index contributed by atoms with van der Waals surface area (Å²) in [5.41, 5.74) is 3.76. The molecule has 2 N–H and O–H groups in total. The van der Waals surface area contributed by atoms with Gasteiger partial charge in [0.15, 0.2) is 5.76 Å². The summed E-state index contributed by atoms with van der Waals surface area (Å²) in [7, 11) is 0. The largest absolute Gasteiger partial charge is 0.459 e. The lowest BCUT2D eigenvalue weighted by Crippen LogP contribution is -2.26.